The van der Waals surface area contributed by atoms with E-state index < -0.39 is 15.9 Å². The average Bonchev–Trinajstić information content (AvgIpc) is 2.47. The van der Waals surface area contributed by atoms with Gasteiger partial charge in [0.25, 0.3) is 0 Å². The zero-order chi connectivity index (χ0) is 15.6. The van der Waals surface area contributed by atoms with E-state index in [2.05, 4.69) is 4.98 Å². The summed E-state index contributed by atoms with van der Waals surface area (Å²) in [4.78, 5) is 4.24. The van der Waals surface area contributed by atoms with E-state index in [4.69, 9.17) is 11.0 Å². The molecule has 1 heterocycles. The lowest BCUT2D eigenvalue weighted by Gasteiger charge is -2.19. The molecule has 6 nitrogen and oxygen atoms in total. The van der Waals surface area contributed by atoms with Crippen LogP contribution < -0.4 is 5.73 Å². The Morgan fingerprint density at radius 2 is 2.14 bits per heavy atom. The van der Waals surface area contributed by atoms with Gasteiger partial charge in [-0.15, -0.1) is 0 Å². The van der Waals surface area contributed by atoms with Crippen LogP contribution in [0.1, 0.15) is 6.92 Å². The van der Waals surface area contributed by atoms with Crippen LogP contribution in [0.4, 0.5) is 5.69 Å². The largest absolute Gasteiger partial charge is 0.398 e. The number of nitriles is 1. The van der Waals surface area contributed by atoms with E-state index in [-0.39, 0.29) is 11.4 Å². The van der Waals surface area contributed by atoms with Crippen LogP contribution in [0.3, 0.4) is 0 Å². The van der Waals surface area contributed by atoms with Crippen LogP contribution in [-0.2, 0) is 10.0 Å². The van der Waals surface area contributed by atoms with Crippen molar-refractivity contribution in [3.05, 3.63) is 30.5 Å². The molecule has 0 bridgehead atoms. The maximum Gasteiger partial charge on any atom is 0.245 e. The lowest BCUT2D eigenvalue weighted by atomic mass is 10.2. The second-order valence-corrected chi connectivity index (χ2v) is 6.88. The Bertz CT molecular complexity index is 811. The molecule has 1 aromatic heterocycles. The van der Waals surface area contributed by atoms with Gasteiger partial charge in [-0.3, -0.25) is 4.98 Å². The van der Waals surface area contributed by atoms with Crippen LogP contribution in [0.25, 0.3) is 10.9 Å². The van der Waals surface area contributed by atoms with Crippen LogP contribution >= 0.6 is 0 Å². The summed E-state index contributed by atoms with van der Waals surface area (Å²) in [5.74, 6) is -0.391. The highest BCUT2D eigenvalue weighted by Gasteiger charge is 2.25. The van der Waals surface area contributed by atoms with Gasteiger partial charge in [-0.2, -0.15) is 9.57 Å². The zero-order valence-electron chi connectivity index (χ0n) is 11.8. The SMILES string of the molecule is CC(C#N)CN(C)S(=O)(=O)c1ccc(N)c2cccnc12. The minimum Gasteiger partial charge on any atom is -0.398 e. The Morgan fingerprint density at radius 3 is 2.81 bits per heavy atom. The molecule has 2 N–H and O–H groups in total. The van der Waals surface area contributed by atoms with E-state index in [1.165, 1.54) is 23.6 Å². The second-order valence-electron chi connectivity index (χ2n) is 4.87. The van der Waals surface area contributed by atoms with Gasteiger partial charge < -0.3 is 5.73 Å². The minimum absolute atomic E-state index is 0.0972. The van der Waals surface area contributed by atoms with E-state index in [9.17, 15) is 8.42 Å². The van der Waals surface area contributed by atoms with Crippen molar-refractivity contribution in [2.75, 3.05) is 19.3 Å². The molecular weight excluding hydrogens is 288 g/mol. The molecule has 0 fully saturated rings. The van der Waals surface area contributed by atoms with E-state index in [1.807, 2.05) is 6.07 Å². The molecule has 0 aliphatic heterocycles. The van der Waals surface area contributed by atoms with E-state index >= 15 is 0 Å². The number of anilines is 1. The number of nitrogens with two attached hydrogens (primary N) is 1. The van der Waals surface area contributed by atoms with Crippen LogP contribution in [0.15, 0.2) is 35.4 Å². The van der Waals surface area contributed by atoms with Gasteiger partial charge >= 0.3 is 0 Å². The molecule has 0 radical (unpaired) electrons. The molecule has 2 rings (SSSR count). The number of fused-ring (bicyclic) bond motifs is 1. The number of rotatable bonds is 4. The quantitative estimate of drug-likeness (QED) is 0.865. The topological polar surface area (TPSA) is 100 Å². The van der Waals surface area contributed by atoms with Gasteiger partial charge in [0, 0.05) is 30.9 Å². The standard InChI is InChI=1S/C14H16N4O2S/c1-10(8-15)9-18(2)21(19,20)13-6-5-12(16)11-4-3-7-17-14(11)13/h3-7,10H,9,16H2,1-2H3. The number of benzene rings is 1. The molecule has 0 aliphatic rings. The molecule has 2 aromatic rings. The predicted octanol–water partition coefficient (Wildman–Crippen LogP) is 1.60. The van der Waals surface area contributed by atoms with Crippen molar-refractivity contribution in [2.24, 2.45) is 5.92 Å². The molecule has 1 aromatic carbocycles. The fourth-order valence-corrected chi connectivity index (χ4v) is 3.47. The number of sulfonamides is 1. The molecule has 1 unspecified atom stereocenters. The summed E-state index contributed by atoms with van der Waals surface area (Å²) in [5, 5.41) is 9.43. The summed E-state index contributed by atoms with van der Waals surface area (Å²) in [6.45, 7) is 1.79. The van der Waals surface area contributed by atoms with Gasteiger partial charge in [-0.25, -0.2) is 8.42 Å². The molecule has 0 saturated heterocycles. The first-order valence-electron chi connectivity index (χ1n) is 6.37. The Kier molecular flexibility index (Phi) is 4.11. The third-order valence-electron chi connectivity index (χ3n) is 3.21. The van der Waals surface area contributed by atoms with E-state index in [1.54, 1.807) is 25.1 Å². The maximum atomic E-state index is 12.6. The van der Waals surface area contributed by atoms with Crippen molar-refractivity contribution >= 4 is 26.6 Å². The molecule has 21 heavy (non-hydrogen) atoms. The minimum atomic E-state index is -3.72. The first kappa shape index (κ1) is 15.2. The Balaban J connectivity index is 2.56. The first-order valence-corrected chi connectivity index (χ1v) is 7.81. The van der Waals surface area contributed by atoms with Crippen LogP contribution in [0.2, 0.25) is 0 Å². The van der Waals surface area contributed by atoms with Crippen molar-refractivity contribution in [3.8, 4) is 6.07 Å². The second kappa shape index (κ2) is 5.68. The molecule has 1 atom stereocenters. The summed E-state index contributed by atoms with van der Waals surface area (Å²) in [6, 6.07) is 8.47. The number of aromatic nitrogens is 1. The Labute approximate surface area is 123 Å². The summed E-state index contributed by atoms with van der Waals surface area (Å²) < 4.78 is 26.5. The van der Waals surface area contributed by atoms with Gasteiger partial charge in [0.15, 0.2) is 0 Å². The molecule has 7 heteroatoms. The smallest absolute Gasteiger partial charge is 0.245 e. The first-order chi connectivity index (χ1) is 9.87. The van der Waals surface area contributed by atoms with Gasteiger partial charge in [0.05, 0.1) is 17.5 Å². The average molecular weight is 304 g/mol. The highest BCUT2D eigenvalue weighted by molar-refractivity contribution is 7.89. The summed E-state index contributed by atoms with van der Waals surface area (Å²) >= 11 is 0. The third kappa shape index (κ3) is 2.82. The van der Waals surface area contributed by atoms with Crippen molar-refractivity contribution in [1.82, 2.24) is 9.29 Å². The molecule has 0 saturated carbocycles. The number of pyridine rings is 1. The number of hydrogen-bond acceptors (Lipinski definition) is 5. The Hall–Kier alpha value is -2.17. The highest BCUT2D eigenvalue weighted by Crippen LogP contribution is 2.27. The maximum absolute atomic E-state index is 12.6. The molecular formula is C14H16N4O2S. The van der Waals surface area contributed by atoms with Crippen LogP contribution in [0, 0.1) is 17.2 Å². The van der Waals surface area contributed by atoms with Crippen molar-refractivity contribution in [2.45, 2.75) is 11.8 Å². The third-order valence-corrected chi connectivity index (χ3v) is 5.06. The van der Waals surface area contributed by atoms with Crippen molar-refractivity contribution in [3.63, 3.8) is 0 Å². The molecule has 0 aliphatic carbocycles. The van der Waals surface area contributed by atoms with Crippen LogP contribution in [-0.4, -0.2) is 31.3 Å². The monoisotopic (exact) mass is 304 g/mol. The van der Waals surface area contributed by atoms with Gasteiger partial charge in [0.1, 0.15) is 4.90 Å². The van der Waals surface area contributed by atoms with E-state index in [0.717, 1.165) is 0 Å². The normalized spacial score (nSPS) is 13.2. The Morgan fingerprint density at radius 1 is 1.43 bits per heavy atom. The van der Waals surface area contributed by atoms with Crippen LogP contribution in [0.5, 0.6) is 0 Å². The number of nitrogens with zero attached hydrogens (tertiary/aromatic N) is 3. The van der Waals surface area contributed by atoms with Gasteiger partial charge in [-0.05, 0) is 31.2 Å². The van der Waals surface area contributed by atoms with Crippen molar-refractivity contribution < 1.29 is 8.42 Å². The summed E-state index contributed by atoms with van der Waals surface area (Å²) in [5.41, 5.74) is 6.67. The lowest BCUT2D eigenvalue weighted by Crippen LogP contribution is -2.31. The molecule has 0 spiro atoms. The fraction of sp³-hybridized carbons (Fsp3) is 0.286. The van der Waals surface area contributed by atoms with Gasteiger partial charge in [-0.1, -0.05) is 0 Å². The molecule has 0 amide bonds. The fourth-order valence-electron chi connectivity index (χ4n) is 2.07. The highest BCUT2D eigenvalue weighted by atomic mass is 32.2. The zero-order valence-corrected chi connectivity index (χ0v) is 12.6. The number of nitrogen functional groups attached to an aromatic ring is 1. The predicted molar refractivity (Wildman–Crippen MR) is 80.7 cm³/mol. The van der Waals surface area contributed by atoms with E-state index in [0.29, 0.717) is 16.6 Å². The van der Waals surface area contributed by atoms with Gasteiger partial charge in [0.2, 0.25) is 10.0 Å². The number of hydrogen-bond donors (Lipinski definition) is 1. The summed E-state index contributed by atoms with van der Waals surface area (Å²) in [7, 11) is -2.27. The lowest BCUT2D eigenvalue weighted by molar-refractivity contribution is 0.439. The summed E-state index contributed by atoms with van der Waals surface area (Å²) in [6.07, 6.45) is 1.53. The molecule has 110 valence electrons. The van der Waals surface area contributed by atoms with Crippen molar-refractivity contribution in [1.29, 1.82) is 5.26 Å².